The second kappa shape index (κ2) is 8.00. The van der Waals surface area contributed by atoms with Crippen LogP contribution in [0.2, 0.25) is 0 Å². The van der Waals surface area contributed by atoms with Crippen LogP contribution < -0.4 is 9.47 Å². The van der Waals surface area contributed by atoms with E-state index in [1.165, 1.54) is 11.8 Å². The van der Waals surface area contributed by atoms with Crippen molar-refractivity contribution in [2.24, 2.45) is 0 Å². The monoisotopic (exact) mass is 412 g/mol. The second-order valence-electron chi connectivity index (χ2n) is 7.27. The average molecular weight is 412 g/mol. The molecule has 150 valence electrons. The summed E-state index contributed by atoms with van der Waals surface area (Å²) in [7, 11) is 1.56. The van der Waals surface area contributed by atoms with E-state index in [9.17, 15) is 14.4 Å². The van der Waals surface area contributed by atoms with E-state index in [0.717, 1.165) is 12.0 Å². The van der Waals surface area contributed by atoms with E-state index in [0.29, 0.717) is 36.6 Å². The summed E-state index contributed by atoms with van der Waals surface area (Å²) in [5.41, 5.74) is 1.50. The summed E-state index contributed by atoms with van der Waals surface area (Å²) in [4.78, 5) is 37.1. The lowest BCUT2D eigenvalue weighted by atomic mass is 10.1. The summed E-state index contributed by atoms with van der Waals surface area (Å²) < 4.78 is 10.8. The van der Waals surface area contributed by atoms with Gasteiger partial charge in [0, 0.05) is 12.0 Å². The van der Waals surface area contributed by atoms with Gasteiger partial charge in [-0.15, -0.1) is 0 Å². The molecule has 0 bridgehead atoms. The molecule has 6 nitrogen and oxygen atoms in total. The largest absolute Gasteiger partial charge is 0.497 e. The first kappa shape index (κ1) is 19.7. The van der Waals surface area contributed by atoms with E-state index in [1.807, 2.05) is 12.1 Å². The summed E-state index contributed by atoms with van der Waals surface area (Å²) in [5, 5.41) is -0.327. The van der Waals surface area contributed by atoms with Crippen LogP contribution in [0.15, 0.2) is 48.5 Å². The number of imide groups is 1. The smallest absolute Gasteiger partial charge is 0.383 e. The molecule has 7 heteroatoms. The van der Waals surface area contributed by atoms with Gasteiger partial charge in [0.05, 0.1) is 20.2 Å². The first-order valence-corrected chi connectivity index (χ1v) is 10.4. The Morgan fingerprint density at radius 3 is 2.48 bits per heavy atom. The Bertz CT molecular complexity index is 952. The van der Waals surface area contributed by atoms with Crippen molar-refractivity contribution in [3.8, 4) is 11.5 Å². The van der Waals surface area contributed by atoms with Crippen LogP contribution in [-0.4, -0.2) is 53.5 Å². The Balaban J connectivity index is 1.33. The zero-order valence-electron chi connectivity index (χ0n) is 16.1. The number of benzene rings is 2. The maximum atomic E-state index is 12.6. The molecule has 0 aliphatic carbocycles. The number of amides is 2. The highest BCUT2D eigenvalue weighted by atomic mass is 32.2. The zero-order valence-corrected chi connectivity index (χ0v) is 16.9. The lowest BCUT2D eigenvalue weighted by Crippen LogP contribution is -2.61. The molecule has 2 heterocycles. The maximum Gasteiger partial charge on any atom is 0.383 e. The number of Topliss-reactive ketones (excluding diaryl/α,β-unsaturated/α-hetero) is 1. The number of hydrogen-bond donors (Lipinski definition) is 0. The molecular formula is C22H22NO5S+. The van der Waals surface area contributed by atoms with Gasteiger partial charge in [-0.1, -0.05) is 24.3 Å². The fourth-order valence-electron chi connectivity index (χ4n) is 3.61. The molecule has 1 atom stereocenters. The molecule has 0 radical (unpaired) electrons. The first-order chi connectivity index (χ1) is 14.0. The number of ether oxygens (including phenoxy) is 2. The highest BCUT2D eigenvalue weighted by Gasteiger charge is 2.59. The fourth-order valence-corrected chi connectivity index (χ4v) is 4.91. The molecular weight excluding hydrogens is 390 g/mol. The number of methoxy groups -OCH3 is 1. The summed E-state index contributed by atoms with van der Waals surface area (Å²) >= 11 is 1.17. The molecule has 2 aromatic carbocycles. The van der Waals surface area contributed by atoms with Gasteiger partial charge in [0.1, 0.15) is 16.7 Å². The molecule has 2 aliphatic heterocycles. The Morgan fingerprint density at radius 2 is 1.86 bits per heavy atom. The quantitative estimate of drug-likeness (QED) is 0.512. The van der Waals surface area contributed by atoms with Crippen LogP contribution >= 0.6 is 11.8 Å². The van der Waals surface area contributed by atoms with Crippen LogP contribution in [0.25, 0.3) is 0 Å². The summed E-state index contributed by atoms with van der Waals surface area (Å²) in [6.45, 7) is 1.22. The minimum Gasteiger partial charge on any atom is -0.497 e. The summed E-state index contributed by atoms with van der Waals surface area (Å²) in [6, 6.07) is 14.3. The number of nitrogens with zero attached hydrogens (tertiary/aromatic N) is 1. The molecule has 1 unspecified atom stereocenters. The fraction of sp³-hybridized carbons (Fsp3) is 0.318. The number of hydrogen-bond acceptors (Lipinski definition) is 6. The number of rotatable bonds is 7. The Kier molecular flexibility index (Phi) is 5.43. The predicted octanol–water partition coefficient (Wildman–Crippen LogP) is 3.48. The Morgan fingerprint density at radius 1 is 1.10 bits per heavy atom. The molecule has 0 aromatic heterocycles. The molecule has 2 aliphatic rings. The topological polar surface area (TPSA) is 69.7 Å². The van der Waals surface area contributed by atoms with Crippen LogP contribution in [0, 0.1) is 0 Å². The third-order valence-corrected chi connectivity index (χ3v) is 6.68. The van der Waals surface area contributed by atoms with E-state index in [2.05, 4.69) is 0 Å². The van der Waals surface area contributed by atoms with Gasteiger partial charge in [-0.2, -0.15) is 4.48 Å². The summed E-state index contributed by atoms with van der Waals surface area (Å²) in [6.07, 6.45) is 1.46. The van der Waals surface area contributed by atoms with Crippen molar-refractivity contribution in [2.45, 2.75) is 18.1 Å². The second-order valence-corrected chi connectivity index (χ2v) is 8.43. The van der Waals surface area contributed by atoms with Gasteiger partial charge in [-0.05, 0) is 48.0 Å². The van der Waals surface area contributed by atoms with E-state index in [4.69, 9.17) is 9.47 Å². The lowest BCUT2D eigenvalue weighted by molar-refractivity contribution is -0.807. The molecule has 2 aromatic rings. The number of carbonyl (C=O) groups is 3. The third kappa shape index (κ3) is 3.80. The van der Waals surface area contributed by atoms with Crippen molar-refractivity contribution in [1.82, 2.24) is 0 Å². The van der Waals surface area contributed by atoms with Gasteiger partial charge in [-0.3, -0.25) is 4.79 Å². The molecule has 4 rings (SSSR count). The van der Waals surface area contributed by atoms with Crippen LogP contribution in [0.3, 0.4) is 0 Å². The van der Waals surface area contributed by atoms with Crippen molar-refractivity contribution in [2.75, 3.05) is 26.8 Å². The number of quaternary nitrogens is 1. The number of carbonyl (C=O) groups excluding carboxylic acids is 3. The molecule has 2 fully saturated rings. The standard InChI is InChI=1S/C22H22NO5S/c1-27-18-5-2-4-16(13-18)19(24)14-28-17-8-6-15(7-9-17)12-20-21(25)23(10-3-11-23)22(26)29-20/h2,4-9,13,20H,3,10-12,14H2,1H3/q+1. The van der Waals surface area contributed by atoms with E-state index in [1.54, 1.807) is 43.5 Å². The van der Waals surface area contributed by atoms with Crippen molar-refractivity contribution < 1.29 is 28.3 Å². The van der Waals surface area contributed by atoms with Crippen LogP contribution in [-0.2, 0) is 11.2 Å². The van der Waals surface area contributed by atoms with Crippen molar-refractivity contribution in [1.29, 1.82) is 0 Å². The number of ketones is 1. The molecule has 0 saturated carbocycles. The Labute approximate surface area is 173 Å². The van der Waals surface area contributed by atoms with Crippen molar-refractivity contribution in [3.63, 3.8) is 0 Å². The molecule has 2 saturated heterocycles. The van der Waals surface area contributed by atoms with Crippen LogP contribution in [0.5, 0.6) is 11.5 Å². The van der Waals surface area contributed by atoms with Gasteiger partial charge in [-0.25, -0.2) is 9.59 Å². The van der Waals surface area contributed by atoms with Gasteiger partial charge < -0.3 is 9.47 Å². The molecule has 1 spiro atoms. The minimum atomic E-state index is -0.316. The van der Waals surface area contributed by atoms with Gasteiger partial charge in [0.25, 0.3) is 0 Å². The van der Waals surface area contributed by atoms with Crippen LogP contribution in [0.4, 0.5) is 4.79 Å². The van der Waals surface area contributed by atoms with Gasteiger partial charge in [0.2, 0.25) is 0 Å². The third-order valence-electron chi connectivity index (χ3n) is 5.48. The van der Waals surface area contributed by atoms with Gasteiger partial charge in [0.15, 0.2) is 12.4 Å². The first-order valence-electron chi connectivity index (χ1n) is 9.53. The van der Waals surface area contributed by atoms with Crippen molar-refractivity contribution in [3.05, 3.63) is 59.7 Å². The van der Waals surface area contributed by atoms with E-state index in [-0.39, 0.29) is 33.3 Å². The maximum absolute atomic E-state index is 12.6. The van der Waals surface area contributed by atoms with Crippen LogP contribution in [0.1, 0.15) is 22.3 Å². The molecule has 0 N–H and O–H groups in total. The van der Waals surface area contributed by atoms with Gasteiger partial charge >= 0.3 is 11.1 Å². The van der Waals surface area contributed by atoms with E-state index >= 15 is 0 Å². The zero-order chi connectivity index (χ0) is 20.4. The normalized spacial score (nSPS) is 19.8. The van der Waals surface area contributed by atoms with E-state index < -0.39 is 0 Å². The highest BCUT2D eigenvalue weighted by Crippen LogP contribution is 2.40. The minimum absolute atomic E-state index is 0.0118. The highest BCUT2D eigenvalue weighted by molar-refractivity contribution is 8.14. The Hall–Kier alpha value is -2.64. The average Bonchev–Trinajstić information content (AvgIpc) is 2.97. The number of thioether (sulfide) groups is 1. The predicted molar refractivity (Wildman–Crippen MR) is 109 cm³/mol. The van der Waals surface area contributed by atoms with Crippen molar-refractivity contribution >= 4 is 28.7 Å². The molecule has 2 amide bonds. The SMILES string of the molecule is COc1cccc(C(=O)COc2ccc(CC3SC(=O)[N+]4(CCC4)C3=O)cc2)c1. The molecule has 29 heavy (non-hydrogen) atoms. The lowest BCUT2D eigenvalue weighted by Gasteiger charge is -2.35. The summed E-state index contributed by atoms with van der Waals surface area (Å²) in [5.74, 6) is 1.11.